The summed E-state index contributed by atoms with van der Waals surface area (Å²) in [7, 11) is 0. The minimum absolute atomic E-state index is 0.00249. The Morgan fingerprint density at radius 1 is 0.424 bits per heavy atom. The molecular weight excluding hydrogens is 815 g/mol. The number of esters is 1. The summed E-state index contributed by atoms with van der Waals surface area (Å²) in [6.45, 7) is 4.87. The van der Waals surface area contributed by atoms with E-state index in [2.05, 4.69) is 43.5 Å². The fourth-order valence-corrected chi connectivity index (χ4v) is 8.90. The molecule has 0 fully saturated rings. The van der Waals surface area contributed by atoms with Gasteiger partial charge in [0.25, 0.3) is 0 Å². The Hall–Kier alpha value is -1.92. The van der Waals surface area contributed by atoms with Crippen LogP contribution in [0.1, 0.15) is 309 Å². The zero-order valence-electron chi connectivity index (χ0n) is 44.2. The van der Waals surface area contributed by atoms with Gasteiger partial charge >= 0.3 is 5.97 Å². The van der Waals surface area contributed by atoms with Crippen molar-refractivity contribution < 1.29 is 24.5 Å². The number of unbranched alkanes of at least 4 members (excludes halogenated alkanes) is 39. The number of carbonyl (C=O) groups excluding carboxylic acids is 2. The summed E-state index contributed by atoms with van der Waals surface area (Å²) in [5, 5.41) is 23.0. The van der Waals surface area contributed by atoms with Crippen LogP contribution in [-0.2, 0) is 14.3 Å². The highest BCUT2D eigenvalue weighted by Gasteiger charge is 2.18. The summed E-state index contributed by atoms with van der Waals surface area (Å²) in [5.41, 5.74) is 0. The number of nitrogens with one attached hydrogen (secondary N) is 1. The lowest BCUT2D eigenvalue weighted by atomic mass is 10.0. The fourth-order valence-electron chi connectivity index (χ4n) is 8.90. The second-order valence-electron chi connectivity index (χ2n) is 20.0. The van der Waals surface area contributed by atoms with E-state index in [1.807, 2.05) is 6.08 Å². The Morgan fingerprint density at radius 2 is 0.758 bits per heavy atom. The van der Waals surface area contributed by atoms with Gasteiger partial charge in [-0.05, 0) is 64.2 Å². The van der Waals surface area contributed by atoms with Gasteiger partial charge in [-0.2, -0.15) is 0 Å². The first-order valence-corrected chi connectivity index (χ1v) is 29.3. The Balaban J connectivity index is 3.40. The Labute approximate surface area is 411 Å². The summed E-state index contributed by atoms with van der Waals surface area (Å²) in [4.78, 5) is 24.5. The average Bonchev–Trinajstić information content (AvgIpc) is 3.32. The van der Waals surface area contributed by atoms with E-state index < -0.39 is 12.1 Å². The van der Waals surface area contributed by atoms with Gasteiger partial charge in [-0.15, -0.1) is 0 Å². The van der Waals surface area contributed by atoms with Crippen LogP contribution in [0.5, 0.6) is 0 Å². The Bertz CT molecular complexity index is 1070. The topological polar surface area (TPSA) is 95.9 Å². The molecule has 6 nitrogen and oxygen atoms in total. The summed E-state index contributed by atoms with van der Waals surface area (Å²) in [5.74, 6) is -0.0701. The lowest BCUT2D eigenvalue weighted by molar-refractivity contribution is -0.143. The normalized spacial score (nSPS) is 12.8. The minimum Gasteiger partial charge on any atom is -0.466 e. The standard InChI is InChI=1S/C60H113NO5/c1-3-5-7-9-11-13-15-17-18-19-20-24-27-30-34-38-42-46-50-54-60(65)66-55-51-47-43-39-35-31-28-25-22-21-23-26-29-33-37-41-45-49-53-59(64)61-57(56-62)58(63)52-48-44-40-36-32-16-14-12-10-8-6-4-2/h11,13,17-18,48,52,57-58,62-63H,3-10,12,14-16,19-47,49-51,53-56H2,1-2H3,(H,61,64)/b13-11-,18-17-,52-48+. The van der Waals surface area contributed by atoms with Crippen LogP contribution in [0, 0.1) is 0 Å². The molecule has 2 atom stereocenters. The molecule has 0 aliphatic rings. The molecule has 6 heteroatoms. The van der Waals surface area contributed by atoms with Crippen LogP contribution in [0.3, 0.4) is 0 Å². The number of amides is 1. The molecular formula is C60H113NO5. The van der Waals surface area contributed by atoms with Gasteiger partial charge in [-0.3, -0.25) is 9.59 Å². The van der Waals surface area contributed by atoms with Crippen LogP contribution in [-0.4, -0.2) is 47.4 Å². The maximum Gasteiger partial charge on any atom is 0.305 e. The zero-order chi connectivity index (χ0) is 47.9. The maximum atomic E-state index is 12.4. The minimum atomic E-state index is -0.846. The van der Waals surface area contributed by atoms with Crippen molar-refractivity contribution in [1.29, 1.82) is 0 Å². The van der Waals surface area contributed by atoms with Crippen molar-refractivity contribution in [2.24, 2.45) is 0 Å². The highest BCUT2D eigenvalue weighted by atomic mass is 16.5. The molecule has 0 aliphatic carbocycles. The van der Waals surface area contributed by atoms with Gasteiger partial charge in [0.1, 0.15) is 0 Å². The second-order valence-corrected chi connectivity index (χ2v) is 20.0. The van der Waals surface area contributed by atoms with Gasteiger partial charge in [-0.25, -0.2) is 0 Å². The molecule has 0 spiro atoms. The number of ether oxygens (including phenoxy) is 1. The van der Waals surface area contributed by atoms with Crippen molar-refractivity contribution in [3.8, 4) is 0 Å². The second kappa shape index (κ2) is 55.7. The van der Waals surface area contributed by atoms with E-state index in [9.17, 15) is 19.8 Å². The summed E-state index contributed by atoms with van der Waals surface area (Å²) in [6.07, 6.45) is 68.8. The molecule has 0 aromatic heterocycles. The third kappa shape index (κ3) is 51.5. The van der Waals surface area contributed by atoms with Gasteiger partial charge in [-0.1, -0.05) is 269 Å². The van der Waals surface area contributed by atoms with Crippen molar-refractivity contribution in [2.45, 2.75) is 321 Å². The van der Waals surface area contributed by atoms with Gasteiger partial charge in [0.05, 0.1) is 25.4 Å². The number of hydrogen-bond acceptors (Lipinski definition) is 5. The molecule has 0 saturated carbocycles. The van der Waals surface area contributed by atoms with Gasteiger partial charge < -0.3 is 20.3 Å². The summed E-state index contributed by atoms with van der Waals surface area (Å²) < 4.78 is 5.49. The number of carbonyl (C=O) groups is 2. The lowest BCUT2D eigenvalue weighted by Gasteiger charge is -2.20. The van der Waals surface area contributed by atoms with Crippen LogP contribution in [0.15, 0.2) is 36.5 Å². The van der Waals surface area contributed by atoms with E-state index in [0.717, 1.165) is 51.4 Å². The van der Waals surface area contributed by atoms with Crippen LogP contribution in [0.25, 0.3) is 0 Å². The van der Waals surface area contributed by atoms with Crippen molar-refractivity contribution in [3.63, 3.8) is 0 Å². The molecule has 0 aliphatic heterocycles. The highest BCUT2D eigenvalue weighted by molar-refractivity contribution is 5.76. The third-order valence-electron chi connectivity index (χ3n) is 13.4. The van der Waals surface area contributed by atoms with Crippen molar-refractivity contribution in [3.05, 3.63) is 36.5 Å². The lowest BCUT2D eigenvalue weighted by Crippen LogP contribution is -2.45. The van der Waals surface area contributed by atoms with Gasteiger partial charge in [0, 0.05) is 12.8 Å². The number of allylic oxidation sites excluding steroid dienone is 5. The van der Waals surface area contributed by atoms with E-state index in [4.69, 9.17) is 4.74 Å². The monoisotopic (exact) mass is 928 g/mol. The fraction of sp³-hybridized carbons (Fsp3) is 0.867. The quantitative estimate of drug-likeness (QED) is 0.0321. The molecule has 0 aromatic rings. The first kappa shape index (κ1) is 64.1. The van der Waals surface area contributed by atoms with E-state index in [1.54, 1.807) is 6.08 Å². The molecule has 0 rings (SSSR count). The molecule has 1 amide bonds. The van der Waals surface area contributed by atoms with Crippen LogP contribution in [0.4, 0.5) is 0 Å². The van der Waals surface area contributed by atoms with Crippen LogP contribution < -0.4 is 5.32 Å². The predicted molar refractivity (Wildman–Crippen MR) is 287 cm³/mol. The molecule has 388 valence electrons. The maximum absolute atomic E-state index is 12.4. The van der Waals surface area contributed by atoms with E-state index >= 15 is 0 Å². The molecule has 0 aromatic carbocycles. The van der Waals surface area contributed by atoms with Crippen molar-refractivity contribution in [2.75, 3.05) is 13.2 Å². The van der Waals surface area contributed by atoms with Crippen LogP contribution in [0.2, 0.25) is 0 Å². The van der Waals surface area contributed by atoms with E-state index in [0.29, 0.717) is 19.4 Å². The Morgan fingerprint density at radius 3 is 1.18 bits per heavy atom. The highest BCUT2D eigenvalue weighted by Crippen LogP contribution is 2.17. The third-order valence-corrected chi connectivity index (χ3v) is 13.4. The molecule has 66 heavy (non-hydrogen) atoms. The molecule has 0 saturated heterocycles. The summed E-state index contributed by atoms with van der Waals surface area (Å²) in [6, 6.07) is -0.630. The SMILES string of the molecule is CCCCC/C=C\C/C=C\CCCCCCCCCCCC(=O)OCCCCCCCCCCCCCCCCCCCCC(=O)NC(CO)C(O)/C=C/CCCCCCCCCCCC. The molecule has 0 radical (unpaired) electrons. The number of aliphatic hydroxyl groups excluding tert-OH is 2. The first-order valence-electron chi connectivity index (χ1n) is 29.3. The zero-order valence-corrected chi connectivity index (χ0v) is 44.2. The van der Waals surface area contributed by atoms with Gasteiger partial charge in [0.2, 0.25) is 5.91 Å². The van der Waals surface area contributed by atoms with Crippen molar-refractivity contribution >= 4 is 11.9 Å². The molecule has 0 bridgehead atoms. The molecule has 2 unspecified atom stereocenters. The largest absolute Gasteiger partial charge is 0.466 e. The molecule has 0 heterocycles. The smallest absolute Gasteiger partial charge is 0.305 e. The predicted octanol–water partition coefficient (Wildman–Crippen LogP) is 18.0. The summed E-state index contributed by atoms with van der Waals surface area (Å²) >= 11 is 0. The number of rotatable bonds is 54. The van der Waals surface area contributed by atoms with E-state index in [-0.39, 0.29) is 18.5 Å². The van der Waals surface area contributed by atoms with Crippen molar-refractivity contribution in [1.82, 2.24) is 5.32 Å². The van der Waals surface area contributed by atoms with Crippen LogP contribution >= 0.6 is 0 Å². The molecule has 3 N–H and O–H groups in total. The first-order chi connectivity index (χ1) is 32.5. The number of hydrogen-bond donors (Lipinski definition) is 3. The van der Waals surface area contributed by atoms with Gasteiger partial charge in [0.15, 0.2) is 0 Å². The Kier molecular flexibility index (Phi) is 54.1. The average molecular weight is 929 g/mol. The number of aliphatic hydroxyl groups is 2. The van der Waals surface area contributed by atoms with E-state index in [1.165, 1.54) is 231 Å².